The smallest absolute Gasteiger partial charge is 0.210 e. The predicted molar refractivity (Wildman–Crippen MR) is 136 cm³/mol. The van der Waals surface area contributed by atoms with Crippen molar-refractivity contribution in [2.24, 2.45) is 29.6 Å². The molecule has 7 aliphatic rings. The van der Waals surface area contributed by atoms with Crippen molar-refractivity contribution in [3.63, 3.8) is 0 Å². The van der Waals surface area contributed by atoms with Gasteiger partial charge < -0.3 is 14.2 Å². The molecule has 5 saturated carbocycles. The van der Waals surface area contributed by atoms with Crippen molar-refractivity contribution in [1.82, 2.24) is 0 Å². The molecule has 0 radical (unpaired) electrons. The fourth-order valence-electron chi connectivity index (χ4n) is 8.86. The summed E-state index contributed by atoms with van der Waals surface area (Å²) in [5, 5.41) is 0. The van der Waals surface area contributed by atoms with Crippen LogP contribution in [-0.4, -0.2) is 31.4 Å². The number of ether oxygens (including phenoxy) is 3. The molecule has 2 spiro atoms. The number of rotatable bonds is 7. The van der Waals surface area contributed by atoms with Crippen LogP contribution in [0.5, 0.6) is 5.75 Å². The Labute approximate surface area is 216 Å². The maximum Gasteiger partial charge on any atom is 0.210 e. The molecular weight excluding hydrogens is 452 g/mol. The van der Waals surface area contributed by atoms with Gasteiger partial charge >= 0.3 is 0 Å². The summed E-state index contributed by atoms with van der Waals surface area (Å²) in [6.07, 6.45) is 16.8. The lowest BCUT2D eigenvalue weighted by atomic mass is 9.53. The fraction of sp³-hybridized carbons (Fsp3) is 0.806. The Morgan fingerprint density at radius 3 is 2.33 bits per heavy atom. The minimum absolute atomic E-state index is 0.447. The lowest BCUT2D eigenvalue weighted by molar-refractivity contribution is -0.390. The maximum absolute atomic E-state index is 6.97. The summed E-state index contributed by atoms with van der Waals surface area (Å²) in [5.74, 6) is 4.12. The van der Waals surface area contributed by atoms with E-state index in [9.17, 15) is 0 Å². The average molecular weight is 497 g/mol. The van der Waals surface area contributed by atoms with Gasteiger partial charge in [-0.1, -0.05) is 18.6 Å². The van der Waals surface area contributed by atoms with Gasteiger partial charge in [0.1, 0.15) is 5.75 Å². The minimum atomic E-state index is -0.558. The molecule has 2 atom stereocenters. The molecule has 7 fully saturated rings. The van der Waals surface area contributed by atoms with Gasteiger partial charge in [0.2, 0.25) is 11.6 Å². The summed E-state index contributed by atoms with van der Waals surface area (Å²) in [6, 6.07) is 8.83. The number of benzene rings is 1. The maximum atomic E-state index is 6.97. The van der Waals surface area contributed by atoms with E-state index in [1.165, 1.54) is 69.8 Å². The first-order valence-corrected chi connectivity index (χ1v) is 15.1. The van der Waals surface area contributed by atoms with Crippen LogP contribution in [0.2, 0.25) is 0 Å². The van der Waals surface area contributed by atoms with E-state index in [2.05, 4.69) is 24.3 Å². The Balaban J connectivity index is 0.922. The molecule has 5 aliphatic carbocycles. The summed E-state index contributed by atoms with van der Waals surface area (Å²) in [7, 11) is 0. The van der Waals surface area contributed by atoms with E-state index in [-0.39, 0.29) is 0 Å². The summed E-state index contributed by atoms with van der Waals surface area (Å²) in [4.78, 5) is 12.5. The second kappa shape index (κ2) is 9.87. The topological polar surface area (TPSA) is 46.2 Å². The van der Waals surface area contributed by atoms with Gasteiger partial charge in [-0.2, -0.15) is 9.78 Å². The third kappa shape index (κ3) is 4.52. The molecule has 1 aromatic rings. The summed E-state index contributed by atoms with van der Waals surface area (Å²) >= 11 is 0. The Bertz CT molecular complexity index is 865. The van der Waals surface area contributed by atoms with Crippen LogP contribution in [-0.2, 0) is 19.2 Å². The molecule has 0 N–H and O–H groups in total. The van der Waals surface area contributed by atoms with E-state index in [1.54, 1.807) is 0 Å². The standard InChI is InChI=1S/C31H44O5/c1(4-22-10-14-32-15-11-22)2-13-33-29-8-6-25(7-9-29)26-5-3-12-30(21-26)34-31(36-35-30)27-17-23-16-24(19-27)20-28(31)18-23/h6-9,22-24,26-28H,1-5,10-21H2/t23?,24?,26?,27?,28?,30-,31?/m1/s1. The molecule has 4 bridgehead atoms. The molecule has 198 valence electrons. The van der Waals surface area contributed by atoms with Gasteiger partial charge in [-0.25, -0.2) is 0 Å². The van der Waals surface area contributed by atoms with Gasteiger partial charge in [0, 0.05) is 37.9 Å². The first kappa shape index (κ1) is 23.9. The lowest BCUT2D eigenvalue weighted by Gasteiger charge is -2.57. The van der Waals surface area contributed by atoms with Crippen molar-refractivity contribution in [2.45, 2.75) is 107 Å². The highest BCUT2D eigenvalue weighted by molar-refractivity contribution is 5.30. The fourth-order valence-corrected chi connectivity index (χ4v) is 8.86. The van der Waals surface area contributed by atoms with Gasteiger partial charge in [0.15, 0.2) is 0 Å². The minimum Gasteiger partial charge on any atom is -0.494 e. The Kier molecular flexibility index (Phi) is 6.56. The van der Waals surface area contributed by atoms with Crippen molar-refractivity contribution < 1.29 is 24.0 Å². The zero-order valence-electron chi connectivity index (χ0n) is 21.8. The molecule has 0 aromatic heterocycles. The first-order valence-electron chi connectivity index (χ1n) is 15.1. The van der Waals surface area contributed by atoms with E-state index < -0.39 is 11.6 Å². The van der Waals surface area contributed by atoms with Gasteiger partial charge in [0.25, 0.3) is 0 Å². The Morgan fingerprint density at radius 2 is 1.58 bits per heavy atom. The van der Waals surface area contributed by atoms with Gasteiger partial charge in [-0.05, 0) is 112 Å². The second-order valence-electron chi connectivity index (χ2n) is 13.0. The molecule has 2 saturated heterocycles. The average Bonchev–Trinajstić information content (AvgIpc) is 3.27. The van der Waals surface area contributed by atoms with Crippen LogP contribution in [0.4, 0.5) is 0 Å². The third-order valence-electron chi connectivity index (χ3n) is 10.6. The molecule has 5 nitrogen and oxygen atoms in total. The van der Waals surface area contributed by atoms with E-state index in [0.29, 0.717) is 17.8 Å². The third-order valence-corrected chi connectivity index (χ3v) is 10.6. The Morgan fingerprint density at radius 1 is 0.833 bits per heavy atom. The molecule has 36 heavy (non-hydrogen) atoms. The van der Waals surface area contributed by atoms with Crippen molar-refractivity contribution in [3.8, 4) is 5.75 Å². The van der Waals surface area contributed by atoms with E-state index in [0.717, 1.165) is 69.0 Å². The van der Waals surface area contributed by atoms with Crippen LogP contribution >= 0.6 is 0 Å². The molecule has 2 aliphatic heterocycles. The quantitative estimate of drug-likeness (QED) is 0.296. The monoisotopic (exact) mass is 496 g/mol. The highest BCUT2D eigenvalue weighted by atomic mass is 17.3. The van der Waals surface area contributed by atoms with Crippen LogP contribution in [0.15, 0.2) is 24.3 Å². The molecule has 5 heteroatoms. The number of unbranched alkanes of at least 4 members (excludes halogenated alkanes) is 1. The second-order valence-corrected chi connectivity index (χ2v) is 13.0. The lowest BCUT2D eigenvalue weighted by Crippen LogP contribution is -2.59. The van der Waals surface area contributed by atoms with E-state index in [1.807, 2.05) is 0 Å². The highest BCUT2D eigenvalue weighted by Crippen LogP contribution is 2.64. The van der Waals surface area contributed by atoms with Crippen LogP contribution < -0.4 is 4.74 Å². The van der Waals surface area contributed by atoms with Crippen LogP contribution in [0.25, 0.3) is 0 Å². The Hall–Kier alpha value is -1.14. The van der Waals surface area contributed by atoms with Gasteiger partial charge in [-0.3, -0.25) is 0 Å². The van der Waals surface area contributed by atoms with Crippen molar-refractivity contribution in [1.29, 1.82) is 0 Å². The molecule has 0 amide bonds. The van der Waals surface area contributed by atoms with Crippen molar-refractivity contribution >= 4 is 0 Å². The molecule has 2 heterocycles. The summed E-state index contributed by atoms with van der Waals surface area (Å²) in [5.41, 5.74) is 1.37. The largest absolute Gasteiger partial charge is 0.494 e. The van der Waals surface area contributed by atoms with Crippen LogP contribution in [0.1, 0.15) is 101 Å². The van der Waals surface area contributed by atoms with Gasteiger partial charge in [-0.15, -0.1) is 0 Å². The molecular formula is C31H44O5. The molecule has 1 aromatic carbocycles. The SMILES string of the molecule is c1cc(C2CCC[C@]3(C2)OOC2(O3)C3CC4CC(C3)CC2C4)ccc1OCCCCC1CCOCC1. The summed E-state index contributed by atoms with van der Waals surface area (Å²) in [6.45, 7) is 2.70. The summed E-state index contributed by atoms with van der Waals surface area (Å²) < 4.78 is 18.5. The van der Waals surface area contributed by atoms with Gasteiger partial charge in [0.05, 0.1) is 6.61 Å². The highest BCUT2D eigenvalue weighted by Gasteiger charge is 2.67. The first-order chi connectivity index (χ1) is 17.7. The van der Waals surface area contributed by atoms with Crippen LogP contribution in [0, 0.1) is 29.6 Å². The number of hydrogen-bond acceptors (Lipinski definition) is 5. The predicted octanol–water partition coefficient (Wildman–Crippen LogP) is 7.15. The van der Waals surface area contributed by atoms with E-state index in [4.69, 9.17) is 24.0 Å². The van der Waals surface area contributed by atoms with Crippen LogP contribution in [0.3, 0.4) is 0 Å². The zero-order chi connectivity index (χ0) is 24.0. The van der Waals surface area contributed by atoms with E-state index >= 15 is 0 Å². The number of hydrogen-bond donors (Lipinski definition) is 0. The normalized spacial score (nSPS) is 41.9. The zero-order valence-corrected chi connectivity index (χ0v) is 21.8. The van der Waals surface area contributed by atoms with Crippen molar-refractivity contribution in [2.75, 3.05) is 19.8 Å². The molecule has 1 unspecified atom stereocenters. The molecule has 8 rings (SSSR count). The van der Waals surface area contributed by atoms with Crippen molar-refractivity contribution in [3.05, 3.63) is 29.8 Å².